The first-order chi connectivity index (χ1) is 32.2. The number of hydrogen-bond acceptors (Lipinski definition) is 13. The van der Waals surface area contributed by atoms with Crippen LogP contribution in [0.1, 0.15) is 97.8 Å². The summed E-state index contributed by atoms with van der Waals surface area (Å²) in [5.74, 6) is 0.217. The van der Waals surface area contributed by atoms with Crippen LogP contribution >= 0.6 is 0 Å². The molecule has 3 aromatic carbocycles. The number of benzene rings is 3. The summed E-state index contributed by atoms with van der Waals surface area (Å²) in [4.78, 5) is 12.6. The van der Waals surface area contributed by atoms with Gasteiger partial charge < -0.3 is 56.9 Å². The van der Waals surface area contributed by atoms with Crippen molar-refractivity contribution in [3.05, 3.63) is 89.5 Å². The molecule has 0 radical (unpaired) electrons. The van der Waals surface area contributed by atoms with Crippen LogP contribution in [-0.2, 0) is 62.2 Å². The molecule has 1 N–H and O–H groups in total. The van der Waals surface area contributed by atoms with Crippen molar-refractivity contribution in [3.8, 4) is 17.2 Å². The average molecular weight is 967 g/mol. The fourth-order valence-corrected chi connectivity index (χ4v) is 10.1. The first-order valence-electron chi connectivity index (χ1n) is 24.3. The van der Waals surface area contributed by atoms with E-state index >= 15 is 0 Å². The zero-order valence-corrected chi connectivity index (χ0v) is 44.3. The van der Waals surface area contributed by atoms with Gasteiger partial charge in [0.15, 0.2) is 14.1 Å². The SMILES string of the molecule is COc1ccc(CO[C@@H]2[C@@H](C)[C@H]([C@H](OCc3ccc(OC)cc3)[C@@]3(OC)C[C@H](O[Si](C)(C)C(C)(C)C)[C@@H](C)[C@@H](CCCCOC(=O)C(C)(C)C)O3)O[C@H](CO)[C@H]2OCc2ccc(OC)cc2)cc1. The second-order valence-electron chi connectivity index (χ2n) is 21.0. The van der Waals surface area contributed by atoms with E-state index in [1.54, 1.807) is 28.4 Å². The number of hydrogen-bond donors (Lipinski definition) is 1. The van der Waals surface area contributed by atoms with Crippen molar-refractivity contribution in [3.63, 3.8) is 0 Å². The summed E-state index contributed by atoms with van der Waals surface area (Å²) in [5.41, 5.74) is 2.21. The molecule has 2 saturated heterocycles. The van der Waals surface area contributed by atoms with Gasteiger partial charge in [-0.2, -0.15) is 0 Å². The molecule has 0 aliphatic carbocycles. The Balaban J connectivity index is 1.56. The van der Waals surface area contributed by atoms with Crippen molar-refractivity contribution in [2.45, 2.75) is 168 Å². The van der Waals surface area contributed by atoms with Gasteiger partial charge in [0.25, 0.3) is 0 Å². The van der Waals surface area contributed by atoms with Gasteiger partial charge in [0.05, 0.1) is 84.2 Å². The smallest absolute Gasteiger partial charge is 0.311 e. The second kappa shape index (κ2) is 24.5. The largest absolute Gasteiger partial charge is 0.497 e. The molecule has 0 spiro atoms. The van der Waals surface area contributed by atoms with Gasteiger partial charge in [-0.15, -0.1) is 0 Å². The Bertz CT molecular complexity index is 1960. The van der Waals surface area contributed by atoms with Gasteiger partial charge in [-0.1, -0.05) is 71.0 Å². The van der Waals surface area contributed by atoms with Crippen LogP contribution in [0.2, 0.25) is 18.1 Å². The molecule has 2 fully saturated rings. The van der Waals surface area contributed by atoms with Crippen LogP contribution in [0.15, 0.2) is 72.8 Å². The average Bonchev–Trinajstić information content (AvgIpc) is 3.31. The summed E-state index contributed by atoms with van der Waals surface area (Å²) in [7, 11) is 4.24. The third-order valence-electron chi connectivity index (χ3n) is 14.1. The molecule has 0 amide bonds. The monoisotopic (exact) mass is 967 g/mol. The summed E-state index contributed by atoms with van der Waals surface area (Å²) in [6.07, 6.45) is -1.81. The van der Waals surface area contributed by atoms with Crippen LogP contribution in [0.3, 0.4) is 0 Å². The minimum Gasteiger partial charge on any atom is -0.497 e. The van der Waals surface area contributed by atoms with Gasteiger partial charge in [0.2, 0.25) is 0 Å². The molecule has 14 heteroatoms. The highest BCUT2D eigenvalue weighted by Gasteiger charge is 2.59. The lowest BCUT2D eigenvalue weighted by Gasteiger charge is -2.55. The Labute approximate surface area is 407 Å². The van der Waals surface area contributed by atoms with Crippen LogP contribution in [0.5, 0.6) is 17.2 Å². The maximum atomic E-state index is 12.6. The van der Waals surface area contributed by atoms with Crippen molar-refractivity contribution in [2.24, 2.45) is 17.3 Å². The number of unbranched alkanes of at least 4 members (excludes halogenated alkanes) is 1. The Kier molecular flexibility index (Phi) is 20.0. The number of esters is 1. The minimum absolute atomic E-state index is 0.0158. The van der Waals surface area contributed by atoms with E-state index in [2.05, 4.69) is 47.7 Å². The highest BCUT2D eigenvalue weighted by Crippen LogP contribution is 2.48. The fraction of sp³-hybridized carbons (Fsp3) is 0.648. The molecule has 2 heterocycles. The predicted octanol–water partition coefficient (Wildman–Crippen LogP) is 10.1. The molecular weight excluding hydrogens is 885 g/mol. The van der Waals surface area contributed by atoms with Crippen LogP contribution in [0.25, 0.3) is 0 Å². The van der Waals surface area contributed by atoms with Gasteiger partial charge in [0.1, 0.15) is 35.6 Å². The molecule has 380 valence electrons. The number of rotatable bonds is 23. The molecule has 0 unspecified atom stereocenters. The Morgan fingerprint density at radius 1 is 0.721 bits per heavy atom. The lowest BCUT2D eigenvalue weighted by molar-refractivity contribution is -0.368. The van der Waals surface area contributed by atoms with E-state index in [4.69, 9.17) is 51.8 Å². The van der Waals surface area contributed by atoms with Crippen molar-refractivity contribution in [1.82, 2.24) is 0 Å². The van der Waals surface area contributed by atoms with Crippen LogP contribution < -0.4 is 14.2 Å². The van der Waals surface area contributed by atoms with Crippen LogP contribution in [0.4, 0.5) is 0 Å². The maximum Gasteiger partial charge on any atom is 0.311 e. The predicted molar refractivity (Wildman–Crippen MR) is 264 cm³/mol. The summed E-state index contributed by atoms with van der Waals surface area (Å²) < 4.78 is 71.4. The Hall–Kier alpha value is -3.57. The summed E-state index contributed by atoms with van der Waals surface area (Å²) in [6.45, 7) is 21.8. The van der Waals surface area contributed by atoms with E-state index in [1.165, 1.54) is 0 Å². The number of carbonyl (C=O) groups excluding carboxylic acids is 1. The zero-order valence-electron chi connectivity index (χ0n) is 43.3. The third kappa shape index (κ3) is 14.3. The van der Waals surface area contributed by atoms with E-state index < -0.39 is 50.0 Å². The highest BCUT2D eigenvalue weighted by atomic mass is 28.4. The van der Waals surface area contributed by atoms with E-state index in [0.29, 0.717) is 25.9 Å². The normalized spacial score (nSPS) is 26.2. The highest BCUT2D eigenvalue weighted by molar-refractivity contribution is 6.74. The molecule has 2 aliphatic heterocycles. The van der Waals surface area contributed by atoms with Crippen LogP contribution in [-0.4, -0.2) is 110 Å². The lowest BCUT2D eigenvalue weighted by Crippen LogP contribution is -2.68. The quantitative estimate of drug-likeness (QED) is 0.0549. The third-order valence-corrected chi connectivity index (χ3v) is 18.6. The number of carbonyl (C=O) groups is 1. The Morgan fingerprint density at radius 2 is 1.22 bits per heavy atom. The number of aliphatic hydroxyl groups is 1. The molecular formula is C54H82O13Si. The zero-order chi connectivity index (χ0) is 49.9. The first kappa shape index (κ1) is 55.4. The Morgan fingerprint density at radius 3 is 1.68 bits per heavy atom. The van der Waals surface area contributed by atoms with Crippen LogP contribution in [0, 0.1) is 17.3 Å². The van der Waals surface area contributed by atoms with Gasteiger partial charge in [-0.25, -0.2) is 0 Å². The molecule has 0 saturated carbocycles. The fourth-order valence-electron chi connectivity index (χ4n) is 8.66. The molecule has 13 nitrogen and oxygen atoms in total. The van der Waals surface area contributed by atoms with Crippen molar-refractivity contribution in [2.75, 3.05) is 41.7 Å². The van der Waals surface area contributed by atoms with Gasteiger partial charge in [-0.3, -0.25) is 4.79 Å². The number of methoxy groups -OCH3 is 4. The second-order valence-corrected chi connectivity index (χ2v) is 25.8. The van der Waals surface area contributed by atoms with Gasteiger partial charge in [0, 0.05) is 25.4 Å². The van der Waals surface area contributed by atoms with E-state index in [9.17, 15) is 9.90 Å². The van der Waals surface area contributed by atoms with Crippen molar-refractivity contribution < 1.29 is 61.7 Å². The van der Waals surface area contributed by atoms with Crippen molar-refractivity contribution in [1.29, 1.82) is 0 Å². The van der Waals surface area contributed by atoms with Gasteiger partial charge in [-0.05, 0) is 111 Å². The number of aliphatic hydroxyl groups excluding tert-OH is 1. The molecule has 0 aromatic heterocycles. The lowest BCUT2D eigenvalue weighted by atomic mass is 9.78. The van der Waals surface area contributed by atoms with E-state index in [0.717, 1.165) is 40.4 Å². The minimum atomic E-state index is -2.35. The molecule has 5 rings (SSSR count). The standard InChI is InChI=1S/C54H82O13Si/c1-36-44(17-15-16-30-61-51(56)52(3,4)5)66-54(60-12,31-45(36)67-68(13,14)53(6,7)8)50(64-35-40-22-28-43(59-11)29-23-40)48-37(2)47(62-33-38-18-24-41(57-9)25-19-38)49(46(32-55)65-48)63-34-39-20-26-42(58-10)27-21-39/h18-29,36-37,44-50,55H,15-17,30-35H2,1-14H3/t36-,37+,44+,45-,46+,47+,48+,49+,50-,54+/m0/s1. The molecule has 3 aromatic rings. The maximum absolute atomic E-state index is 12.6. The summed E-state index contributed by atoms with van der Waals surface area (Å²) >= 11 is 0. The first-order valence-corrected chi connectivity index (χ1v) is 27.2. The molecule has 2 aliphatic rings. The van der Waals surface area contributed by atoms with E-state index in [1.807, 2.05) is 93.6 Å². The van der Waals surface area contributed by atoms with Gasteiger partial charge >= 0.3 is 5.97 Å². The topological polar surface area (TPSA) is 139 Å². The molecule has 68 heavy (non-hydrogen) atoms. The summed E-state index contributed by atoms with van der Waals surface area (Å²) in [5, 5.41) is 11.2. The van der Waals surface area contributed by atoms with E-state index in [-0.39, 0.29) is 61.5 Å². The molecule has 0 bridgehead atoms. The number of ether oxygens (including phenoxy) is 10. The summed E-state index contributed by atoms with van der Waals surface area (Å²) in [6, 6.07) is 23.3. The molecule has 10 atom stereocenters. The van der Waals surface area contributed by atoms with Crippen molar-refractivity contribution >= 4 is 14.3 Å².